The van der Waals surface area contributed by atoms with Crippen LogP contribution in [-0.2, 0) is 16.2 Å². The fraction of sp³-hybridized carbons (Fsp3) is 0.500. The predicted molar refractivity (Wildman–Crippen MR) is 54.1 cm³/mol. The van der Waals surface area contributed by atoms with Crippen molar-refractivity contribution in [2.24, 2.45) is 0 Å². The molecule has 0 aliphatic heterocycles. The van der Waals surface area contributed by atoms with E-state index in [9.17, 15) is 4.79 Å². The molecule has 0 heterocycles. The number of carbonyl (C=O) groups excluding carboxylic acids is 1. The van der Waals surface area contributed by atoms with Crippen molar-refractivity contribution in [1.82, 2.24) is 0 Å². The molecule has 8 heteroatoms. The standard InChI is InChI=1S/C2H5OP.H2O3S.2H3P/c1-2(3)4;1-4(2)3;;/h4H2,1H3;(H2,1,2,3);2*1H3/p-1. The molecular formula is C2H12O4P3S-. The van der Waals surface area contributed by atoms with Gasteiger partial charge in [0.2, 0.25) is 0 Å². The highest BCUT2D eigenvalue weighted by Crippen LogP contribution is 1.74. The Morgan fingerprint density at radius 1 is 1.60 bits per heavy atom. The SMILES string of the molecule is CC(=O)P.O=S([O-])O.P.P. The zero-order chi connectivity index (χ0) is 7.15. The first-order valence-electron chi connectivity index (χ1n) is 1.51. The Labute approximate surface area is 71.5 Å². The van der Waals surface area contributed by atoms with E-state index in [1.54, 1.807) is 0 Å². The first kappa shape index (κ1) is 22.5. The second kappa shape index (κ2) is 16.5. The van der Waals surface area contributed by atoms with Crippen molar-refractivity contribution < 1.29 is 18.1 Å². The molecule has 0 fully saturated rings. The second-order valence-electron chi connectivity index (χ2n) is 0.828. The van der Waals surface area contributed by atoms with Crippen LogP contribution in [0.4, 0.5) is 0 Å². The maximum atomic E-state index is 9.41. The van der Waals surface area contributed by atoms with E-state index in [2.05, 4.69) is 0 Å². The van der Waals surface area contributed by atoms with E-state index in [1.807, 2.05) is 9.24 Å². The normalized spacial score (nSPS) is 8.80. The van der Waals surface area contributed by atoms with Gasteiger partial charge in [0, 0.05) is 0 Å². The first-order chi connectivity index (χ1) is 3.46. The third kappa shape index (κ3) is 549. The first-order valence-corrected chi connectivity index (χ1v) is 3.12. The van der Waals surface area contributed by atoms with E-state index in [4.69, 9.17) is 13.3 Å². The Hall–Kier alpha value is 1.03. The molecule has 4 unspecified atom stereocenters. The van der Waals surface area contributed by atoms with Gasteiger partial charge in [-0.1, -0.05) is 9.24 Å². The summed E-state index contributed by atoms with van der Waals surface area (Å²) < 4.78 is 24.1. The van der Waals surface area contributed by atoms with Gasteiger partial charge in [-0.25, -0.2) is 4.21 Å². The van der Waals surface area contributed by atoms with Gasteiger partial charge in [0.25, 0.3) is 0 Å². The van der Waals surface area contributed by atoms with E-state index in [0.717, 1.165) is 0 Å². The molecule has 0 aromatic carbocycles. The molecule has 1 N–H and O–H groups in total. The Balaban J connectivity index is -0.0000000300. The summed E-state index contributed by atoms with van der Waals surface area (Å²) in [6.45, 7) is 1.49. The molecule has 4 atom stereocenters. The summed E-state index contributed by atoms with van der Waals surface area (Å²) >= 11 is -2.86. The van der Waals surface area contributed by atoms with E-state index in [-0.39, 0.29) is 25.3 Å². The Kier molecular flexibility index (Phi) is 37.2. The zero-order valence-corrected chi connectivity index (χ0v) is 10.4. The van der Waals surface area contributed by atoms with Gasteiger partial charge in [-0.3, -0.25) is 4.79 Å². The van der Waals surface area contributed by atoms with Crippen molar-refractivity contribution in [3.63, 3.8) is 0 Å². The van der Waals surface area contributed by atoms with Gasteiger partial charge >= 0.3 is 0 Å². The Morgan fingerprint density at radius 2 is 1.60 bits per heavy atom. The number of hydrogen-bond donors (Lipinski definition) is 1. The van der Waals surface area contributed by atoms with Crippen LogP contribution >= 0.6 is 29.0 Å². The molecule has 0 saturated heterocycles. The van der Waals surface area contributed by atoms with Crippen molar-refractivity contribution >= 4 is 45.9 Å². The summed E-state index contributed by atoms with van der Waals surface area (Å²) in [7, 11) is 2.02. The molecule has 0 amide bonds. The predicted octanol–water partition coefficient (Wildman–Crippen LogP) is -0.137. The molecule has 0 bridgehead atoms. The maximum Gasteiger partial charge on any atom is 0.145 e. The van der Waals surface area contributed by atoms with Crippen molar-refractivity contribution in [1.29, 1.82) is 0 Å². The van der Waals surface area contributed by atoms with Gasteiger partial charge in [-0.2, -0.15) is 19.8 Å². The van der Waals surface area contributed by atoms with Crippen molar-refractivity contribution in [3.8, 4) is 0 Å². The molecule has 0 aromatic rings. The molecule has 0 aromatic heterocycles. The van der Waals surface area contributed by atoms with Gasteiger partial charge in [0.1, 0.15) is 5.52 Å². The molecule has 0 aliphatic rings. The van der Waals surface area contributed by atoms with Gasteiger partial charge in [-0.05, 0) is 6.92 Å². The molecule has 0 spiro atoms. The van der Waals surface area contributed by atoms with Crippen molar-refractivity contribution in [3.05, 3.63) is 0 Å². The monoisotopic (exact) mass is 225 g/mol. The third-order valence-electron chi connectivity index (χ3n) is 0. The van der Waals surface area contributed by atoms with Crippen LogP contribution in [0.5, 0.6) is 0 Å². The second-order valence-corrected chi connectivity index (χ2v) is 2.08. The smallest absolute Gasteiger partial charge is 0.145 e. The summed E-state index contributed by atoms with van der Waals surface area (Å²) in [5, 5.41) is 0. The van der Waals surface area contributed by atoms with E-state index < -0.39 is 11.4 Å². The molecule has 0 radical (unpaired) electrons. The molecule has 10 heavy (non-hydrogen) atoms. The number of rotatable bonds is 0. The highest BCUT2D eigenvalue weighted by atomic mass is 32.2. The largest absolute Gasteiger partial charge is 0.750 e. The number of carbonyl (C=O) groups is 1. The van der Waals surface area contributed by atoms with E-state index >= 15 is 0 Å². The quantitative estimate of drug-likeness (QED) is 0.460. The minimum Gasteiger partial charge on any atom is -0.750 e. The summed E-state index contributed by atoms with van der Waals surface area (Å²) in [5.74, 6) is 0. The Bertz CT molecular complexity index is 76.5. The highest BCUT2D eigenvalue weighted by molar-refractivity contribution is 7.73. The fourth-order valence-corrected chi connectivity index (χ4v) is 0. The van der Waals surface area contributed by atoms with Crippen LogP contribution < -0.4 is 0 Å². The van der Waals surface area contributed by atoms with Crippen LogP contribution in [0.25, 0.3) is 0 Å². The van der Waals surface area contributed by atoms with Gasteiger partial charge in [-0.15, -0.1) is 0 Å². The van der Waals surface area contributed by atoms with Crippen LogP contribution in [0.15, 0.2) is 0 Å². The summed E-state index contributed by atoms with van der Waals surface area (Å²) in [6.07, 6.45) is 0. The molecule has 0 aliphatic carbocycles. The summed E-state index contributed by atoms with van der Waals surface area (Å²) in [5.41, 5.74) is 0.0833. The van der Waals surface area contributed by atoms with Crippen LogP contribution in [-0.4, -0.2) is 18.8 Å². The lowest BCUT2D eigenvalue weighted by molar-refractivity contribution is -0.109. The van der Waals surface area contributed by atoms with Gasteiger partial charge < -0.3 is 9.11 Å². The fourth-order valence-electron chi connectivity index (χ4n) is 0. The van der Waals surface area contributed by atoms with E-state index in [0.29, 0.717) is 0 Å². The molecule has 0 saturated carbocycles. The van der Waals surface area contributed by atoms with Crippen LogP contribution in [0.1, 0.15) is 6.92 Å². The van der Waals surface area contributed by atoms with Gasteiger partial charge in [0.15, 0.2) is 0 Å². The zero-order valence-electron chi connectivity index (χ0n) is 5.57. The van der Waals surface area contributed by atoms with Crippen LogP contribution in [0.3, 0.4) is 0 Å². The topological polar surface area (TPSA) is 77.4 Å². The third-order valence-corrected chi connectivity index (χ3v) is 0. The molecule has 4 nitrogen and oxygen atoms in total. The highest BCUT2D eigenvalue weighted by Gasteiger charge is 1.62. The van der Waals surface area contributed by atoms with Crippen molar-refractivity contribution in [2.45, 2.75) is 6.92 Å². The average Bonchev–Trinajstić information content (AvgIpc) is 1.25. The summed E-state index contributed by atoms with van der Waals surface area (Å²) in [6, 6.07) is 0. The minimum absolute atomic E-state index is 0. The number of hydrogen-bond acceptors (Lipinski definition) is 3. The van der Waals surface area contributed by atoms with Crippen LogP contribution in [0, 0.1) is 0 Å². The van der Waals surface area contributed by atoms with Crippen LogP contribution in [0.2, 0.25) is 0 Å². The maximum absolute atomic E-state index is 9.41. The lowest BCUT2D eigenvalue weighted by Crippen LogP contribution is -1.75. The van der Waals surface area contributed by atoms with Crippen molar-refractivity contribution in [2.75, 3.05) is 0 Å². The molecule has 66 valence electrons. The average molecular weight is 225 g/mol. The molecule has 0 rings (SSSR count). The van der Waals surface area contributed by atoms with E-state index in [1.165, 1.54) is 6.92 Å². The Morgan fingerprint density at radius 3 is 1.60 bits per heavy atom. The summed E-state index contributed by atoms with van der Waals surface area (Å²) in [4.78, 5) is 9.41. The lowest BCUT2D eigenvalue weighted by Gasteiger charge is -1.83. The van der Waals surface area contributed by atoms with Gasteiger partial charge in [0.05, 0.1) is 11.4 Å². The lowest BCUT2D eigenvalue weighted by atomic mass is 10.9. The molecular weight excluding hydrogens is 213 g/mol. The minimum atomic E-state index is -2.86.